The summed E-state index contributed by atoms with van der Waals surface area (Å²) in [6.07, 6.45) is 6.78. The van der Waals surface area contributed by atoms with Crippen molar-refractivity contribution in [1.82, 2.24) is 10.6 Å². The molecule has 108 valence electrons. The summed E-state index contributed by atoms with van der Waals surface area (Å²) in [5, 5.41) is 6.66. The van der Waals surface area contributed by atoms with Gasteiger partial charge < -0.3 is 10.6 Å². The van der Waals surface area contributed by atoms with Gasteiger partial charge in [-0.1, -0.05) is 26.8 Å². The van der Waals surface area contributed by atoms with Crippen LogP contribution < -0.4 is 10.6 Å². The SMILES string of the molecule is CC(C)C1=C2N=CC(NC3=NCCN3)C=C2[C@H](C)CC1. The number of aliphatic imine (C=N–C) groups is 2. The molecule has 4 heteroatoms. The zero-order valence-corrected chi connectivity index (χ0v) is 12.6. The lowest BCUT2D eigenvalue weighted by Gasteiger charge is -2.31. The summed E-state index contributed by atoms with van der Waals surface area (Å²) in [6, 6.07) is 0.159. The van der Waals surface area contributed by atoms with Crippen LogP contribution in [0.4, 0.5) is 0 Å². The van der Waals surface area contributed by atoms with Gasteiger partial charge in [-0.15, -0.1) is 0 Å². The molecule has 0 aromatic heterocycles. The van der Waals surface area contributed by atoms with E-state index in [1.807, 2.05) is 6.21 Å². The summed E-state index contributed by atoms with van der Waals surface area (Å²) < 4.78 is 0. The zero-order valence-electron chi connectivity index (χ0n) is 12.6. The van der Waals surface area contributed by atoms with E-state index in [0.717, 1.165) is 19.0 Å². The van der Waals surface area contributed by atoms with Gasteiger partial charge in [0.15, 0.2) is 5.96 Å². The Balaban J connectivity index is 1.84. The quantitative estimate of drug-likeness (QED) is 0.810. The van der Waals surface area contributed by atoms with Gasteiger partial charge in [-0.05, 0) is 35.8 Å². The van der Waals surface area contributed by atoms with Gasteiger partial charge in [0.2, 0.25) is 0 Å². The number of hydrogen-bond donors (Lipinski definition) is 2. The molecule has 0 bridgehead atoms. The minimum absolute atomic E-state index is 0.159. The highest BCUT2D eigenvalue weighted by Gasteiger charge is 2.27. The largest absolute Gasteiger partial charge is 0.355 e. The Labute approximate surface area is 121 Å². The molecule has 1 unspecified atom stereocenters. The highest BCUT2D eigenvalue weighted by molar-refractivity contribution is 5.86. The van der Waals surface area contributed by atoms with Gasteiger partial charge in [0.05, 0.1) is 18.3 Å². The fourth-order valence-electron chi connectivity index (χ4n) is 3.15. The molecule has 1 aliphatic carbocycles. The summed E-state index contributed by atoms with van der Waals surface area (Å²) in [5.41, 5.74) is 4.18. The Bertz CT molecular complexity index is 511. The second-order valence-corrected chi connectivity index (χ2v) is 6.20. The van der Waals surface area contributed by atoms with Crippen molar-refractivity contribution in [2.45, 2.75) is 39.7 Å². The second kappa shape index (κ2) is 5.43. The van der Waals surface area contributed by atoms with Crippen LogP contribution in [0.2, 0.25) is 0 Å². The van der Waals surface area contributed by atoms with Crippen molar-refractivity contribution >= 4 is 12.2 Å². The molecular formula is C16H24N4. The lowest BCUT2D eigenvalue weighted by atomic mass is 9.79. The third kappa shape index (κ3) is 2.51. The molecule has 20 heavy (non-hydrogen) atoms. The number of allylic oxidation sites excluding steroid dienone is 2. The van der Waals surface area contributed by atoms with E-state index in [2.05, 4.69) is 42.5 Å². The first kappa shape index (κ1) is 13.4. The smallest absolute Gasteiger partial charge is 0.192 e. The molecule has 2 N–H and O–H groups in total. The molecule has 0 radical (unpaired) electrons. The Morgan fingerprint density at radius 1 is 1.40 bits per heavy atom. The van der Waals surface area contributed by atoms with E-state index >= 15 is 0 Å². The van der Waals surface area contributed by atoms with Gasteiger partial charge in [0, 0.05) is 12.8 Å². The number of nitrogens with one attached hydrogen (secondary N) is 2. The number of guanidine groups is 1. The van der Waals surface area contributed by atoms with E-state index in [4.69, 9.17) is 4.99 Å². The van der Waals surface area contributed by atoms with Crippen molar-refractivity contribution in [3.8, 4) is 0 Å². The average molecular weight is 272 g/mol. The Kier molecular flexibility index (Phi) is 3.64. The van der Waals surface area contributed by atoms with E-state index in [-0.39, 0.29) is 6.04 Å². The fraction of sp³-hybridized carbons (Fsp3) is 0.625. The number of dihydropyridines is 1. The highest BCUT2D eigenvalue weighted by atomic mass is 15.2. The highest BCUT2D eigenvalue weighted by Crippen LogP contribution is 2.39. The third-order valence-electron chi connectivity index (χ3n) is 4.35. The fourth-order valence-corrected chi connectivity index (χ4v) is 3.15. The average Bonchev–Trinajstić information content (AvgIpc) is 2.92. The molecule has 0 amide bonds. The van der Waals surface area contributed by atoms with Crippen molar-refractivity contribution < 1.29 is 0 Å². The maximum absolute atomic E-state index is 4.77. The normalized spacial score (nSPS) is 29.0. The topological polar surface area (TPSA) is 48.8 Å². The van der Waals surface area contributed by atoms with Crippen LogP contribution in [0.25, 0.3) is 0 Å². The molecule has 2 aliphatic heterocycles. The Morgan fingerprint density at radius 3 is 2.95 bits per heavy atom. The monoisotopic (exact) mass is 272 g/mol. The molecule has 4 nitrogen and oxygen atoms in total. The minimum atomic E-state index is 0.159. The predicted octanol–water partition coefficient (Wildman–Crippen LogP) is 2.25. The molecule has 3 rings (SSSR count). The van der Waals surface area contributed by atoms with Gasteiger partial charge in [0.25, 0.3) is 0 Å². The summed E-state index contributed by atoms with van der Waals surface area (Å²) >= 11 is 0. The van der Waals surface area contributed by atoms with Crippen molar-refractivity contribution in [3.05, 3.63) is 22.9 Å². The van der Waals surface area contributed by atoms with Crippen molar-refractivity contribution in [2.24, 2.45) is 21.8 Å². The van der Waals surface area contributed by atoms with Crippen LogP contribution >= 0.6 is 0 Å². The Hall–Kier alpha value is -1.58. The molecule has 0 spiro atoms. The molecule has 0 saturated heterocycles. The molecule has 0 fully saturated rings. The maximum atomic E-state index is 4.77. The molecule has 2 atom stereocenters. The van der Waals surface area contributed by atoms with Crippen LogP contribution in [0, 0.1) is 11.8 Å². The minimum Gasteiger partial charge on any atom is -0.355 e. The van der Waals surface area contributed by atoms with E-state index in [9.17, 15) is 0 Å². The first-order valence-corrected chi connectivity index (χ1v) is 7.69. The van der Waals surface area contributed by atoms with Gasteiger partial charge in [-0.25, -0.2) is 0 Å². The molecule has 0 aromatic carbocycles. The molecule has 0 aromatic rings. The molecule has 2 heterocycles. The van der Waals surface area contributed by atoms with Gasteiger partial charge >= 0.3 is 0 Å². The predicted molar refractivity (Wildman–Crippen MR) is 84.1 cm³/mol. The van der Waals surface area contributed by atoms with Crippen LogP contribution in [0.5, 0.6) is 0 Å². The number of hydrogen-bond acceptors (Lipinski definition) is 4. The summed E-state index contributed by atoms with van der Waals surface area (Å²) in [4.78, 5) is 9.16. The second-order valence-electron chi connectivity index (χ2n) is 6.20. The van der Waals surface area contributed by atoms with E-state index in [0.29, 0.717) is 11.8 Å². The van der Waals surface area contributed by atoms with Gasteiger partial charge in [0.1, 0.15) is 0 Å². The van der Waals surface area contributed by atoms with E-state index < -0.39 is 0 Å². The van der Waals surface area contributed by atoms with Crippen molar-refractivity contribution in [1.29, 1.82) is 0 Å². The van der Waals surface area contributed by atoms with Gasteiger partial charge in [-0.2, -0.15) is 0 Å². The summed E-state index contributed by atoms with van der Waals surface area (Å²) in [6.45, 7) is 8.65. The van der Waals surface area contributed by atoms with Crippen molar-refractivity contribution in [3.63, 3.8) is 0 Å². The van der Waals surface area contributed by atoms with Gasteiger partial charge in [-0.3, -0.25) is 9.98 Å². The van der Waals surface area contributed by atoms with Crippen LogP contribution in [0.3, 0.4) is 0 Å². The van der Waals surface area contributed by atoms with Crippen molar-refractivity contribution in [2.75, 3.05) is 13.1 Å². The number of rotatable bonds is 2. The number of nitrogens with zero attached hydrogens (tertiary/aromatic N) is 2. The standard InChI is InChI=1S/C16H24N4/c1-10(2)13-5-4-11(3)14-8-12(9-19-15(13)14)20-16-17-6-7-18-16/h8-12H,4-7H2,1-3H3,(H2,17,18,20)/t11-,12?/m1/s1. The molecule has 3 aliphatic rings. The van der Waals surface area contributed by atoms with Crippen LogP contribution in [0.15, 0.2) is 32.9 Å². The number of fused-ring (bicyclic) bond motifs is 1. The lowest BCUT2D eigenvalue weighted by molar-refractivity contribution is 0.542. The van der Waals surface area contributed by atoms with Crippen LogP contribution in [0.1, 0.15) is 33.6 Å². The van der Waals surface area contributed by atoms with E-state index in [1.165, 1.54) is 29.7 Å². The maximum Gasteiger partial charge on any atom is 0.192 e. The first-order valence-electron chi connectivity index (χ1n) is 7.69. The third-order valence-corrected chi connectivity index (χ3v) is 4.35. The molecule has 0 saturated carbocycles. The zero-order chi connectivity index (χ0) is 14.1. The van der Waals surface area contributed by atoms with E-state index in [1.54, 1.807) is 0 Å². The summed E-state index contributed by atoms with van der Waals surface area (Å²) in [5.74, 6) is 2.09. The first-order chi connectivity index (χ1) is 9.65. The summed E-state index contributed by atoms with van der Waals surface area (Å²) in [7, 11) is 0. The molecular weight excluding hydrogens is 248 g/mol. The Morgan fingerprint density at radius 2 is 2.25 bits per heavy atom. The lowest BCUT2D eigenvalue weighted by Crippen LogP contribution is -2.42. The van der Waals surface area contributed by atoms with Crippen LogP contribution in [-0.4, -0.2) is 31.3 Å². The van der Waals surface area contributed by atoms with Crippen LogP contribution in [-0.2, 0) is 0 Å².